The van der Waals surface area contributed by atoms with E-state index in [0.29, 0.717) is 5.92 Å². The highest BCUT2D eigenvalue weighted by Crippen LogP contribution is 2.33. The third-order valence-electron chi connectivity index (χ3n) is 3.75. The lowest BCUT2D eigenvalue weighted by atomic mass is 10.1. The van der Waals surface area contributed by atoms with E-state index in [1.807, 2.05) is 4.68 Å². The van der Waals surface area contributed by atoms with Crippen LogP contribution < -0.4 is 0 Å². The highest BCUT2D eigenvalue weighted by Gasteiger charge is 2.19. The molecule has 0 N–H and O–H groups in total. The number of aromatic nitrogens is 2. The normalized spacial score (nSPS) is 16.5. The number of hydrogen-bond acceptors (Lipinski definition) is 1. The Labute approximate surface area is 102 Å². The molecule has 0 atom stereocenters. The van der Waals surface area contributed by atoms with Crippen LogP contribution in [0.5, 0.6) is 0 Å². The summed E-state index contributed by atoms with van der Waals surface area (Å²) >= 11 is 0. The van der Waals surface area contributed by atoms with Gasteiger partial charge in [-0.05, 0) is 37.5 Å². The molecule has 1 heterocycles. The minimum Gasteiger partial charge on any atom is -0.240 e. The van der Waals surface area contributed by atoms with E-state index in [1.165, 1.54) is 42.6 Å². The van der Waals surface area contributed by atoms with Crippen LogP contribution in [0.3, 0.4) is 0 Å². The molecular weight excluding hydrogens is 208 g/mol. The molecule has 2 heteroatoms. The zero-order valence-electron chi connectivity index (χ0n) is 10.3. The molecule has 88 valence electrons. The Balaban J connectivity index is 1.92. The van der Waals surface area contributed by atoms with E-state index in [1.54, 1.807) is 0 Å². The summed E-state index contributed by atoms with van der Waals surface area (Å²) in [6.45, 7) is 2.13. The lowest BCUT2D eigenvalue weighted by molar-refractivity contribution is 0.678. The zero-order chi connectivity index (χ0) is 11.7. The van der Waals surface area contributed by atoms with Gasteiger partial charge in [0.05, 0.1) is 11.4 Å². The van der Waals surface area contributed by atoms with Crippen LogP contribution in [0.1, 0.15) is 42.9 Å². The monoisotopic (exact) mass is 226 g/mol. The second kappa shape index (κ2) is 4.36. The van der Waals surface area contributed by atoms with Gasteiger partial charge in [0.2, 0.25) is 0 Å². The van der Waals surface area contributed by atoms with E-state index < -0.39 is 0 Å². The molecule has 0 amide bonds. The maximum atomic E-state index is 4.74. The van der Waals surface area contributed by atoms with Gasteiger partial charge in [0.25, 0.3) is 0 Å². The molecule has 1 aliphatic carbocycles. The number of benzene rings is 1. The van der Waals surface area contributed by atoms with E-state index in [4.69, 9.17) is 5.10 Å². The number of para-hydroxylation sites is 1. The molecule has 3 rings (SSSR count). The van der Waals surface area contributed by atoms with Gasteiger partial charge in [-0.25, -0.2) is 4.68 Å². The van der Waals surface area contributed by atoms with Crippen molar-refractivity contribution in [2.75, 3.05) is 0 Å². The second-order valence-electron chi connectivity index (χ2n) is 4.95. The fraction of sp³-hybridized carbons (Fsp3) is 0.400. The van der Waals surface area contributed by atoms with Crippen molar-refractivity contribution >= 4 is 0 Å². The fourth-order valence-corrected chi connectivity index (χ4v) is 2.73. The van der Waals surface area contributed by atoms with Crippen molar-refractivity contribution in [2.45, 2.75) is 38.5 Å². The third-order valence-corrected chi connectivity index (χ3v) is 3.75. The van der Waals surface area contributed by atoms with Crippen LogP contribution in [0.15, 0.2) is 36.5 Å². The van der Waals surface area contributed by atoms with Gasteiger partial charge in [0, 0.05) is 12.1 Å². The first kappa shape index (κ1) is 10.6. The molecule has 0 spiro atoms. The standard InChI is InChI=1S/C15H18N2/c1-12-6-2-5-9-15(12)17-11-10-14(16-17)13-7-3-4-8-13/h2,5-6,9-11,13H,3-4,7-8H2,1H3. The van der Waals surface area contributed by atoms with Crippen LogP contribution in [-0.4, -0.2) is 9.78 Å². The summed E-state index contributed by atoms with van der Waals surface area (Å²) in [4.78, 5) is 0. The topological polar surface area (TPSA) is 17.8 Å². The fourth-order valence-electron chi connectivity index (χ4n) is 2.73. The maximum Gasteiger partial charge on any atom is 0.0674 e. The SMILES string of the molecule is Cc1ccccc1-n1ccc(C2CCCC2)n1. The summed E-state index contributed by atoms with van der Waals surface area (Å²) in [6.07, 6.45) is 7.44. The van der Waals surface area contributed by atoms with Crippen LogP contribution in [0.4, 0.5) is 0 Å². The molecule has 1 saturated carbocycles. The van der Waals surface area contributed by atoms with Gasteiger partial charge in [-0.2, -0.15) is 5.10 Å². The summed E-state index contributed by atoms with van der Waals surface area (Å²) < 4.78 is 2.02. The Morgan fingerprint density at radius 3 is 2.65 bits per heavy atom. The number of rotatable bonds is 2. The Morgan fingerprint density at radius 1 is 1.12 bits per heavy atom. The van der Waals surface area contributed by atoms with Crippen molar-refractivity contribution in [3.63, 3.8) is 0 Å². The third kappa shape index (κ3) is 1.99. The van der Waals surface area contributed by atoms with Crippen molar-refractivity contribution in [3.8, 4) is 5.69 Å². The Hall–Kier alpha value is -1.57. The van der Waals surface area contributed by atoms with Crippen LogP contribution in [0.2, 0.25) is 0 Å². The first-order chi connectivity index (χ1) is 8.34. The zero-order valence-corrected chi connectivity index (χ0v) is 10.3. The van der Waals surface area contributed by atoms with Gasteiger partial charge >= 0.3 is 0 Å². The Bertz CT molecular complexity index is 507. The molecule has 0 aliphatic heterocycles. The van der Waals surface area contributed by atoms with Crippen LogP contribution in [0.25, 0.3) is 5.69 Å². The molecule has 0 saturated heterocycles. The van der Waals surface area contributed by atoms with Crippen LogP contribution in [-0.2, 0) is 0 Å². The van der Waals surface area contributed by atoms with E-state index >= 15 is 0 Å². The van der Waals surface area contributed by atoms with E-state index in [-0.39, 0.29) is 0 Å². The summed E-state index contributed by atoms with van der Waals surface area (Å²) in [5.74, 6) is 0.695. The highest BCUT2D eigenvalue weighted by molar-refractivity contribution is 5.39. The van der Waals surface area contributed by atoms with E-state index in [9.17, 15) is 0 Å². The lowest BCUT2D eigenvalue weighted by Crippen LogP contribution is -2.00. The lowest BCUT2D eigenvalue weighted by Gasteiger charge is -2.06. The van der Waals surface area contributed by atoms with Crippen LogP contribution in [0, 0.1) is 6.92 Å². The van der Waals surface area contributed by atoms with Crippen molar-refractivity contribution in [1.29, 1.82) is 0 Å². The molecule has 1 aliphatic rings. The predicted molar refractivity (Wildman–Crippen MR) is 69.5 cm³/mol. The molecule has 0 unspecified atom stereocenters. The summed E-state index contributed by atoms with van der Waals surface area (Å²) in [5, 5.41) is 4.74. The van der Waals surface area contributed by atoms with Gasteiger partial charge in [0.15, 0.2) is 0 Å². The van der Waals surface area contributed by atoms with Crippen molar-refractivity contribution < 1.29 is 0 Å². The van der Waals surface area contributed by atoms with Gasteiger partial charge in [-0.15, -0.1) is 0 Å². The Kier molecular flexibility index (Phi) is 2.71. The van der Waals surface area contributed by atoms with Crippen LogP contribution >= 0.6 is 0 Å². The molecule has 2 aromatic rings. The van der Waals surface area contributed by atoms with Gasteiger partial charge < -0.3 is 0 Å². The number of aryl methyl sites for hydroxylation is 1. The van der Waals surface area contributed by atoms with E-state index in [2.05, 4.69) is 43.5 Å². The smallest absolute Gasteiger partial charge is 0.0674 e. The Morgan fingerprint density at radius 2 is 1.88 bits per heavy atom. The first-order valence-corrected chi connectivity index (χ1v) is 6.46. The van der Waals surface area contributed by atoms with Gasteiger partial charge in [-0.3, -0.25) is 0 Å². The molecular formula is C15H18N2. The number of nitrogens with zero attached hydrogens (tertiary/aromatic N) is 2. The molecule has 0 bridgehead atoms. The average molecular weight is 226 g/mol. The first-order valence-electron chi connectivity index (χ1n) is 6.46. The van der Waals surface area contributed by atoms with Gasteiger partial charge in [0.1, 0.15) is 0 Å². The van der Waals surface area contributed by atoms with Crippen molar-refractivity contribution in [3.05, 3.63) is 47.8 Å². The van der Waals surface area contributed by atoms with Crippen molar-refractivity contribution in [2.24, 2.45) is 0 Å². The van der Waals surface area contributed by atoms with Crippen molar-refractivity contribution in [1.82, 2.24) is 9.78 Å². The molecule has 0 radical (unpaired) electrons. The van der Waals surface area contributed by atoms with Gasteiger partial charge in [-0.1, -0.05) is 31.0 Å². The predicted octanol–water partition coefficient (Wildman–Crippen LogP) is 3.84. The summed E-state index contributed by atoms with van der Waals surface area (Å²) in [5.41, 5.74) is 3.73. The second-order valence-corrected chi connectivity index (χ2v) is 4.95. The summed E-state index contributed by atoms with van der Waals surface area (Å²) in [7, 11) is 0. The highest BCUT2D eigenvalue weighted by atomic mass is 15.3. The summed E-state index contributed by atoms with van der Waals surface area (Å²) in [6, 6.07) is 10.6. The average Bonchev–Trinajstić information content (AvgIpc) is 3.00. The minimum atomic E-state index is 0.695. The molecule has 17 heavy (non-hydrogen) atoms. The minimum absolute atomic E-state index is 0.695. The van der Waals surface area contributed by atoms with E-state index in [0.717, 1.165) is 0 Å². The number of hydrogen-bond donors (Lipinski definition) is 0. The molecule has 1 aromatic carbocycles. The quantitative estimate of drug-likeness (QED) is 0.760. The maximum absolute atomic E-state index is 4.74. The molecule has 2 nitrogen and oxygen atoms in total. The largest absolute Gasteiger partial charge is 0.240 e. The molecule has 1 aromatic heterocycles. The molecule has 1 fully saturated rings.